The van der Waals surface area contributed by atoms with Crippen molar-refractivity contribution < 1.29 is 18.9 Å². The maximum absolute atomic E-state index is 11.7. The summed E-state index contributed by atoms with van der Waals surface area (Å²) in [5.74, 6) is -0.0325. The molecular formula is C15H22NO4P. The van der Waals surface area contributed by atoms with Gasteiger partial charge in [0.15, 0.2) is 11.8 Å². The first-order chi connectivity index (χ1) is 9.78. The van der Waals surface area contributed by atoms with E-state index >= 15 is 0 Å². The number of hydrogen-bond donors (Lipinski definition) is 0. The topological polar surface area (TPSA) is 71.0 Å². The van der Waals surface area contributed by atoms with E-state index in [0.717, 1.165) is 6.42 Å². The second-order valence-corrected chi connectivity index (χ2v) is 6.80. The predicted molar refractivity (Wildman–Crippen MR) is 80.9 cm³/mol. The molecule has 0 radical (unpaired) electrons. The molecule has 0 fully saturated rings. The van der Waals surface area contributed by atoms with Gasteiger partial charge in [0.2, 0.25) is 0 Å². The van der Waals surface area contributed by atoms with Crippen LogP contribution in [0.4, 0.5) is 0 Å². The van der Waals surface area contributed by atoms with Crippen LogP contribution in [0.3, 0.4) is 0 Å². The van der Waals surface area contributed by atoms with Crippen LogP contribution in [0.5, 0.6) is 5.75 Å². The normalized spacial score (nSPS) is 13.7. The molecule has 0 amide bonds. The Bertz CT molecular complexity index is 482. The molecule has 21 heavy (non-hydrogen) atoms. The van der Waals surface area contributed by atoms with Crippen molar-refractivity contribution in [1.29, 1.82) is 0 Å². The van der Waals surface area contributed by atoms with Gasteiger partial charge < -0.3 is 9.63 Å². The first-order valence-corrected chi connectivity index (χ1v) is 7.98. The van der Waals surface area contributed by atoms with Gasteiger partial charge in [0, 0.05) is 0 Å². The SMILES string of the molecule is C[C@H](N=[P+]([O-])Oc1ccccc1)C(=O)OCCC(C)(C)C. The second kappa shape index (κ2) is 8.11. The number of para-hydroxylation sites is 1. The number of ether oxygens (including phenoxy) is 1. The van der Waals surface area contributed by atoms with Gasteiger partial charge >= 0.3 is 14.1 Å². The van der Waals surface area contributed by atoms with Gasteiger partial charge in [0.25, 0.3) is 0 Å². The maximum Gasteiger partial charge on any atom is 0.395 e. The third-order valence-corrected chi connectivity index (χ3v) is 3.53. The van der Waals surface area contributed by atoms with Crippen molar-refractivity contribution in [1.82, 2.24) is 0 Å². The Morgan fingerprint density at radius 3 is 2.52 bits per heavy atom. The van der Waals surface area contributed by atoms with Gasteiger partial charge in [0.1, 0.15) is 0 Å². The summed E-state index contributed by atoms with van der Waals surface area (Å²) >= 11 is 0. The summed E-state index contributed by atoms with van der Waals surface area (Å²) in [6, 6.07) is 7.90. The summed E-state index contributed by atoms with van der Waals surface area (Å²) in [5, 5.41) is 0. The van der Waals surface area contributed by atoms with Crippen molar-refractivity contribution in [2.45, 2.75) is 40.2 Å². The highest BCUT2D eigenvalue weighted by Crippen LogP contribution is 2.24. The molecule has 0 aliphatic carbocycles. The van der Waals surface area contributed by atoms with E-state index in [0.29, 0.717) is 12.4 Å². The highest BCUT2D eigenvalue weighted by Gasteiger charge is 2.19. The minimum atomic E-state index is -2.29. The standard InChI is InChI=1S/C15H22NO4P/c1-12(14(17)19-11-10-15(2,3)4)16-21(18)20-13-8-6-5-7-9-13/h5-9,12H,10-11H2,1-4H3/t12-/m0/s1. The molecule has 0 heterocycles. The lowest BCUT2D eigenvalue weighted by Gasteiger charge is -2.17. The van der Waals surface area contributed by atoms with E-state index in [1.54, 1.807) is 31.2 Å². The van der Waals surface area contributed by atoms with Gasteiger partial charge in [-0.2, -0.15) is 0 Å². The van der Waals surface area contributed by atoms with Crippen molar-refractivity contribution in [2.24, 2.45) is 10.2 Å². The number of carbonyl (C=O) groups excluding carboxylic acids is 1. The summed E-state index contributed by atoms with van der Waals surface area (Å²) in [5.41, 5.74) is 0.0994. The Kier molecular flexibility index (Phi) is 6.79. The molecule has 0 saturated carbocycles. The van der Waals surface area contributed by atoms with E-state index in [9.17, 15) is 9.69 Å². The molecule has 1 unspecified atom stereocenters. The summed E-state index contributed by atoms with van der Waals surface area (Å²) in [4.78, 5) is 23.4. The number of nitrogens with zero attached hydrogens (tertiary/aromatic N) is 1. The molecule has 2 atom stereocenters. The summed E-state index contributed by atoms with van der Waals surface area (Å²) in [6.07, 6.45) is 0.762. The lowest BCUT2D eigenvalue weighted by Crippen LogP contribution is -2.21. The van der Waals surface area contributed by atoms with Gasteiger partial charge in [-0.1, -0.05) is 43.7 Å². The van der Waals surface area contributed by atoms with Crippen LogP contribution in [0, 0.1) is 5.41 Å². The molecular weight excluding hydrogens is 289 g/mol. The summed E-state index contributed by atoms with van der Waals surface area (Å²) in [6.45, 7) is 8.08. The van der Waals surface area contributed by atoms with Crippen LogP contribution < -0.4 is 9.42 Å². The molecule has 0 aliphatic heterocycles. The average molecular weight is 311 g/mol. The van der Waals surface area contributed by atoms with Crippen LogP contribution in [0.25, 0.3) is 0 Å². The molecule has 1 rings (SSSR count). The third kappa shape index (κ3) is 7.78. The average Bonchev–Trinajstić information content (AvgIpc) is 2.38. The van der Waals surface area contributed by atoms with Crippen molar-refractivity contribution >= 4 is 14.1 Å². The van der Waals surface area contributed by atoms with Crippen LogP contribution >= 0.6 is 8.17 Å². The Balaban J connectivity index is 2.45. The Hall–Kier alpha value is -1.45. The molecule has 1 aromatic rings. The fourth-order valence-corrected chi connectivity index (χ4v) is 2.09. The van der Waals surface area contributed by atoms with Crippen LogP contribution in [0.2, 0.25) is 0 Å². The fourth-order valence-electron chi connectivity index (χ4n) is 1.36. The molecule has 0 N–H and O–H groups in total. The highest BCUT2D eigenvalue weighted by atomic mass is 31.1. The zero-order valence-electron chi connectivity index (χ0n) is 12.9. The monoisotopic (exact) mass is 311 g/mol. The minimum Gasteiger partial charge on any atom is -0.575 e. The molecule has 6 heteroatoms. The zero-order chi connectivity index (χ0) is 15.9. The zero-order valence-corrected chi connectivity index (χ0v) is 13.8. The van der Waals surface area contributed by atoms with E-state index in [-0.39, 0.29) is 5.41 Å². The Morgan fingerprint density at radius 1 is 1.33 bits per heavy atom. The smallest absolute Gasteiger partial charge is 0.395 e. The van der Waals surface area contributed by atoms with Gasteiger partial charge in [-0.25, -0.2) is 4.79 Å². The number of esters is 1. The van der Waals surface area contributed by atoms with E-state index in [4.69, 9.17) is 9.26 Å². The van der Waals surface area contributed by atoms with E-state index in [1.165, 1.54) is 0 Å². The fraction of sp³-hybridized carbons (Fsp3) is 0.533. The number of rotatable bonds is 6. The van der Waals surface area contributed by atoms with E-state index in [2.05, 4.69) is 25.5 Å². The predicted octanol–water partition coefficient (Wildman–Crippen LogP) is 3.29. The van der Waals surface area contributed by atoms with Crippen molar-refractivity contribution in [2.75, 3.05) is 6.61 Å². The molecule has 0 bridgehead atoms. The number of carbonyl (C=O) groups is 1. The van der Waals surface area contributed by atoms with Crippen molar-refractivity contribution in [3.05, 3.63) is 30.3 Å². The van der Waals surface area contributed by atoms with Gasteiger partial charge in [0.05, 0.1) is 6.61 Å². The lowest BCUT2D eigenvalue weighted by atomic mass is 9.93. The van der Waals surface area contributed by atoms with Crippen molar-refractivity contribution in [3.63, 3.8) is 0 Å². The Labute approximate surface area is 126 Å². The van der Waals surface area contributed by atoms with Gasteiger partial charge in [-0.05, 0) is 30.9 Å². The summed E-state index contributed by atoms with van der Waals surface area (Å²) < 4.78 is 14.0. The molecule has 0 spiro atoms. The largest absolute Gasteiger partial charge is 0.575 e. The molecule has 0 saturated heterocycles. The first kappa shape index (κ1) is 17.6. The molecule has 1 aromatic carbocycles. The highest BCUT2D eigenvalue weighted by molar-refractivity contribution is 7.34. The van der Waals surface area contributed by atoms with E-state index < -0.39 is 20.2 Å². The van der Waals surface area contributed by atoms with Gasteiger partial charge in [-0.3, -0.25) is 4.52 Å². The molecule has 0 aliphatic rings. The minimum absolute atomic E-state index is 0.0994. The Morgan fingerprint density at radius 2 is 1.95 bits per heavy atom. The number of hydrogen-bond acceptors (Lipinski definition) is 5. The molecule has 116 valence electrons. The molecule has 5 nitrogen and oxygen atoms in total. The van der Waals surface area contributed by atoms with Gasteiger partial charge in [-0.15, -0.1) is 0 Å². The van der Waals surface area contributed by atoms with Crippen LogP contribution in [-0.4, -0.2) is 18.6 Å². The molecule has 0 aromatic heterocycles. The lowest BCUT2D eigenvalue weighted by molar-refractivity contribution is -0.169. The van der Waals surface area contributed by atoms with Crippen LogP contribution in [-0.2, 0) is 9.53 Å². The van der Waals surface area contributed by atoms with Crippen molar-refractivity contribution in [3.8, 4) is 5.75 Å². The summed E-state index contributed by atoms with van der Waals surface area (Å²) in [7, 11) is -2.29. The second-order valence-electron chi connectivity index (χ2n) is 5.91. The van der Waals surface area contributed by atoms with Crippen LogP contribution in [0.1, 0.15) is 34.1 Å². The maximum atomic E-state index is 11.7. The third-order valence-electron chi connectivity index (χ3n) is 2.63. The quantitative estimate of drug-likeness (QED) is 0.597. The number of benzene rings is 1. The van der Waals surface area contributed by atoms with E-state index in [1.807, 2.05) is 6.07 Å². The first-order valence-electron chi connectivity index (χ1n) is 6.85. The van der Waals surface area contributed by atoms with Crippen LogP contribution in [0.15, 0.2) is 35.1 Å².